The molecule has 1 atom stereocenters. The van der Waals surface area contributed by atoms with Gasteiger partial charge in [0.1, 0.15) is 6.33 Å². The van der Waals surface area contributed by atoms with Crippen molar-refractivity contribution in [1.82, 2.24) is 35.4 Å². The average molecular weight is 466 g/mol. The van der Waals surface area contributed by atoms with Crippen LogP contribution in [0.25, 0.3) is 16.9 Å². The average Bonchev–Trinajstić information content (AvgIpc) is 3.58. The summed E-state index contributed by atoms with van der Waals surface area (Å²) >= 11 is 0. The lowest BCUT2D eigenvalue weighted by Gasteiger charge is -2.30. The summed E-state index contributed by atoms with van der Waals surface area (Å²) in [4.78, 5) is 17.5. The summed E-state index contributed by atoms with van der Waals surface area (Å²) in [6.45, 7) is 9.02. The number of hydrogen-bond donors (Lipinski definition) is 3. The molecule has 5 rings (SSSR count). The van der Waals surface area contributed by atoms with Crippen molar-refractivity contribution in [3.8, 4) is 11.3 Å². The van der Waals surface area contributed by atoms with E-state index in [1.807, 2.05) is 13.1 Å². The molecule has 3 N–H and O–H groups in total. The third-order valence-electron chi connectivity index (χ3n) is 7.23. The first-order valence-corrected chi connectivity index (χ1v) is 12.5. The Bertz CT molecular complexity index is 1140. The van der Waals surface area contributed by atoms with Gasteiger partial charge in [-0.2, -0.15) is 10.2 Å². The van der Waals surface area contributed by atoms with Gasteiger partial charge >= 0.3 is 0 Å². The van der Waals surface area contributed by atoms with Crippen molar-refractivity contribution < 1.29 is 9.53 Å². The molecule has 3 aromatic rings. The van der Waals surface area contributed by atoms with Gasteiger partial charge in [0, 0.05) is 42.6 Å². The van der Waals surface area contributed by atoms with E-state index in [1.165, 1.54) is 0 Å². The van der Waals surface area contributed by atoms with Crippen molar-refractivity contribution in [2.45, 2.75) is 70.9 Å². The summed E-state index contributed by atoms with van der Waals surface area (Å²) in [5.41, 5.74) is 5.09. The van der Waals surface area contributed by atoms with Crippen molar-refractivity contribution in [1.29, 1.82) is 0 Å². The van der Waals surface area contributed by atoms with Crippen LogP contribution >= 0.6 is 0 Å². The van der Waals surface area contributed by atoms with Crippen LogP contribution in [0.15, 0.2) is 18.6 Å². The first-order valence-electron chi connectivity index (χ1n) is 12.5. The molecule has 4 heterocycles. The fourth-order valence-corrected chi connectivity index (χ4v) is 5.31. The number of aromatic nitrogens is 5. The second kappa shape index (κ2) is 9.84. The lowest BCUT2D eigenvalue weighted by Crippen LogP contribution is -2.43. The van der Waals surface area contributed by atoms with Gasteiger partial charge in [-0.3, -0.25) is 9.89 Å². The number of amides is 1. The quantitative estimate of drug-likeness (QED) is 0.494. The van der Waals surface area contributed by atoms with Crippen molar-refractivity contribution >= 4 is 11.6 Å². The molecule has 2 fully saturated rings. The van der Waals surface area contributed by atoms with Crippen LogP contribution in [0.5, 0.6) is 0 Å². The number of H-pyrrole nitrogens is 1. The van der Waals surface area contributed by atoms with Gasteiger partial charge in [-0.05, 0) is 62.5 Å². The van der Waals surface area contributed by atoms with Gasteiger partial charge in [0.05, 0.1) is 12.3 Å². The molecule has 3 aromatic heterocycles. The maximum absolute atomic E-state index is 13.3. The van der Waals surface area contributed by atoms with Gasteiger partial charge in [0.15, 0.2) is 11.3 Å². The highest BCUT2D eigenvalue weighted by atomic mass is 16.5. The molecule has 1 unspecified atom stereocenters. The number of aryl methyl sites for hydroxylation is 1. The lowest BCUT2D eigenvalue weighted by molar-refractivity contribution is 0.0917. The van der Waals surface area contributed by atoms with Crippen molar-refractivity contribution in [3.05, 3.63) is 35.4 Å². The van der Waals surface area contributed by atoms with E-state index in [2.05, 4.69) is 50.8 Å². The van der Waals surface area contributed by atoms with Crippen molar-refractivity contribution in [2.75, 3.05) is 19.8 Å². The summed E-state index contributed by atoms with van der Waals surface area (Å²) in [6, 6.07) is 2.79. The standard InChI is InChI=1S/C25H35N7O2/c1-15(2)21-22(18-10-16(3)24-27-14-28-32(24)12-18)30-31-23(21)25(33)29-20-6-4-19(5-7-20)26-11-17-8-9-34-13-17/h10,12,14-15,17,19-20,26H,4-9,11,13H2,1-3H3,(H,29,33)(H,30,31)/t17?,19-,20+. The number of rotatable bonds is 7. The Kier molecular flexibility index (Phi) is 6.65. The number of pyridine rings is 1. The topological polar surface area (TPSA) is 109 Å². The fourth-order valence-electron chi connectivity index (χ4n) is 5.31. The van der Waals surface area contributed by atoms with Crippen LogP contribution < -0.4 is 10.6 Å². The van der Waals surface area contributed by atoms with Gasteiger partial charge in [-0.1, -0.05) is 13.8 Å². The fraction of sp³-hybridized carbons (Fsp3) is 0.600. The zero-order chi connectivity index (χ0) is 23.7. The highest BCUT2D eigenvalue weighted by molar-refractivity contribution is 5.96. The summed E-state index contributed by atoms with van der Waals surface area (Å²) in [5.74, 6) is 0.694. The lowest BCUT2D eigenvalue weighted by atomic mass is 9.90. The monoisotopic (exact) mass is 465 g/mol. The molecule has 0 spiro atoms. The van der Waals surface area contributed by atoms with E-state index in [-0.39, 0.29) is 17.9 Å². The third kappa shape index (κ3) is 4.72. The molecule has 1 saturated carbocycles. The second-order valence-electron chi connectivity index (χ2n) is 10.1. The summed E-state index contributed by atoms with van der Waals surface area (Å²) < 4.78 is 7.24. The van der Waals surface area contributed by atoms with E-state index in [9.17, 15) is 4.79 Å². The first kappa shape index (κ1) is 23.0. The smallest absolute Gasteiger partial charge is 0.272 e. The zero-order valence-electron chi connectivity index (χ0n) is 20.3. The molecule has 0 aromatic carbocycles. The minimum absolute atomic E-state index is 0.0933. The Balaban J connectivity index is 1.25. The van der Waals surface area contributed by atoms with Crippen LogP contribution in [0.2, 0.25) is 0 Å². The number of aromatic amines is 1. The van der Waals surface area contributed by atoms with Gasteiger partial charge < -0.3 is 15.4 Å². The first-order chi connectivity index (χ1) is 16.5. The van der Waals surface area contributed by atoms with E-state index < -0.39 is 0 Å². The highest BCUT2D eigenvalue weighted by Crippen LogP contribution is 2.31. The SMILES string of the molecule is Cc1cc(-c2[nH]nc(C(=O)N[C@H]3CC[C@@H](NCC4CCOC4)CC3)c2C(C)C)cn2ncnc12. The minimum atomic E-state index is -0.0933. The predicted molar refractivity (Wildman–Crippen MR) is 130 cm³/mol. The number of carbonyl (C=O) groups excluding carboxylic acids is 1. The number of nitrogens with one attached hydrogen (secondary N) is 3. The van der Waals surface area contributed by atoms with Crippen molar-refractivity contribution in [2.24, 2.45) is 5.92 Å². The van der Waals surface area contributed by atoms with Gasteiger partial charge in [0.25, 0.3) is 5.91 Å². The van der Waals surface area contributed by atoms with E-state index >= 15 is 0 Å². The normalized spacial score (nSPS) is 23.1. The number of hydrogen-bond acceptors (Lipinski definition) is 6. The van der Waals surface area contributed by atoms with E-state index in [0.717, 1.165) is 79.9 Å². The van der Waals surface area contributed by atoms with Gasteiger partial charge in [-0.25, -0.2) is 9.50 Å². The molecule has 9 nitrogen and oxygen atoms in total. The largest absolute Gasteiger partial charge is 0.381 e. The highest BCUT2D eigenvalue weighted by Gasteiger charge is 2.28. The Morgan fingerprint density at radius 1 is 1.24 bits per heavy atom. The van der Waals surface area contributed by atoms with Gasteiger partial charge in [-0.15, -0.1) is 0 Å². The van der Waals surface area contributed by atoms with Crippen LogP contribution in [0.1, 0.15) is 73.5 Å². The molecule has 1 aliphatic carbocycles. The molecular formula is C25H35N7O2. The number of nitrogens with zero attached hydrogens (tertiary/aromatic N) is 4. The Morgan fingerprint density at radius 3 is 2.76 bits per heavy atom. The molecule has 1 amide bonds. The van der Waals surface area contributed by atoms with Crippen LogP contribution in [-0.2, 0) is 4.74 Å². The third-order valence-corrected chi connectivity index (χ3v) is 7.23. The maximum atomic E-state index is 13.3. The van der Waals surface area contributed by atoms with E-state index in [4.69, 9.17) is 4.74 Å². The molecule has 1 aliphatic heterocycles. The van der Waals surface area contributed by atoms with Gasteiger partial charge in [0.2, 0.25) is 0 Å². The Labute approximate surface area is 200 Å². The zero-order valence-corrected chi connectivity index (χ0v) is 20.3. The summed E-state index contributed by atoms with van der Waals surface area (Å²) in [7, 11) is 0. The van der Waals surface area contributed by atoms with E-state index in [1.54, 1.807) is 10.8 Å². The van der Waals surface area contributed by atoms with Crippen LogP contribution in [0.3, 0.4) is 0 Å². The second-order valence-corrected chi connectivity index (χ2v) is 10.1. The molecule has 1 saturated heterocycles. The summed E-state index contributed by atoms with van der Waals surface area (Å²) in [6.07, 6.45) is 8.78. The minimum Gasteiger partial charge on any atom is -0.381 e. The molecule has 0 bridgehead atoms. The van der Waals surface area contributed by atoms with Crippen LogP contribution in [0.4, 0.5) is 0 Å². The molecule has 34 heavy (non-hydrogen) atoms. The molecule has 9 heteroatoms. The summed E-state index contributed by atoms with van der Waals surface area (Å²) in [5, 5.41) is 18.8. The van der Waals surface area contributed by atoms with Crippen LogP contribution in [0, 0.1) is 12.8 Å². The van der Waals surface area contributed by atoms with Crippen molar-refractivity contribution in [3.63, 3.8) is 0 Å². The molecule has 0 radical (unpaired) electrons. The predicted octanol–water partition coefficient (Wildman–Crippen LogP) is 3.22. The number of carbonyl (C=O) groups is 1. The number of fused-ring (bicyclic) bond motifs is 1. The number of ether oxygens (including phenoxy) is 1. The molecular weight excluding hydrogens is 430 g/mol. The molecule has 182 valence electrons. The Morgan fingerprint density at radius 2 is 2.03 bits per heavy atom. The Hall–Kier alpha value is -2.78. The maximum Gasteiger partial charge on any atom is 0.272 e. The van der Waals surface area contributed by atoms with Crippen LogP contribution in [-0.4, -0.2) is 62.5 Å². The molecule has 2 aliphatic rings. The van der Waals surface area contributed by atoms with E-state index in [0.29, 0.717) is 17.7 Å².